The molecule has 0 amide bonds. The summed E-state index contributed by atoms with van der Waals surface area (Å²) in [5, 5.41) is 10.6. The Kier molecular flexibility index (Phi) is 6.68. The molecule has 1 aliphatic heterocycles. The molecular weight excluding hydrogens is 362 g/mol. The van der Waals surface area contributed by atoms with Gasteiger partial charge >= 0.3 is 0 Å². The third kappa shape index (κ3) is 5.43. The number of anilines is 1. The van der Waals surface area contributed by atoms with Gasteiger partial charge in [0.25, 0.3) is 0 Å². The predicted molar refractivity (Wildman–Crippen MR) is 109 cm³/mol. The van der Waals surface area contributed by atoms with E-state index in [1.54, 1.807) is 11.3 Å². The Balaban J connectivity index is 1.55. The topological polar surface area (TPSA) is 73.0 Å². The lowest BCUT2D eigenvalue weighted by molar-refractivity contribution is 0.169. The summed E-state index contributed by atoms with van der Waals surface area (Å²) in [4.78, 5) is 16.2. The van der Waals surface area contributed by atoms with Crippen molar-refractivity contribution < 1.29 is 4.52 Å². The van der Waals surface area contributed by atoms with Crippen molar-refractivity contribution in [1.82, 2.24) is 25.3 Å². The number of guanidine groups is 1. The predicted octanol–water partition coefficient (Wildman–Crippen LogP) is 1.79. The Morgan fingerprint density at radius 2 is 2.07 bits per heavy atom. The van der Waals surface area contributed by atoms with Crippen molar-refractivity contribution in [3.8, 4) is 0 Å². The number of aliphatic imine (C=N–C) groups is 1. The molecule has 0 atom stereocenters. The molecule has 2 aromatic heterocycles. The van der Waals surface area contributed by atoms with E-state index in [1.165, 1.54) is 0 Å². The first-order valence-electron chi connectivity index (χ1n) is 9.34. The van der Waals surface area contributed by atoms with Gasteiger partial charge in [-0.05, 0) is 13.8 Å². The largest absolute Gasteiger partial charge is 0.361 e. The van der Waals surface area contributed by atoms with Crippen LogP contribution >= 0.6 is 11.3 Å². The third-order valence-electron chi connectivity index (χ3n) is 4.38. The number of hydrogen-bond acceptors (Lipinski definition) is 7. The van der Waals surface area contributed by atoms with E-state index >= 15 is 0 Å². The van der Waals surface area contributed by atoms with Crippen molar-refractivity contribution in [2.45, 2.75) is 26.9 Å². The highest BCUT2D eigenvalue weighted by Crippen LogP contribution is 2.18. The summed E-state index contributed by atoms with van der Waals surface area (Å²) in [6.07, 6.45) is 0. The zero-order valence-electron chi connectivity index (χ0n) is 16.6. The first kappa shape index (κ1) is 19.6. The first-order valence-corrected chi connectivity index (χ1v) is 10.2. The molecular formula is C18H29N7OS. The Hall–Kier alpha value is -2.13. The summed E-state index contributed by atoms with van der Waals surface area (Å²) in [6, 6.07) is 2.01. The quantitative estimate of drug-likeness (QED) is 0.594. The molecule has 3 rings (SSSR count). The molecule has 148 valence electrons. The molecule has 1 aliphatic rings. The highest BCUT2D eigenvalue weighted by molar-refractivity contribution is 7.13. The standard InChI is InChI=1S/C18H29N7OS/c1-5-19-17(20-11-16-13-27-18(21-16)23(3)4)25-8-6-24(7-9-25)12-15-10-14(2)26-22-15/h10,13H,5-9,11-12H2,1-4H3,(H,19,20). The van der Waals surface area contributed by atoms with E-state index in [1.807, 2.05) is 32.0 Å². The molecule has 8 nitrogen and oxygen atoms in total. The zero-order valence-corrected chi connectivity index (χ0v) is 17.4. The van der Waals surface area contributed by atoms with E-state index in [0.717, 1.165) is 67.5 Å². The van der Waals surface area contributed by atoms with E-state index in [2.05, 4.69) is 37.6 Å². The molecule has 3 heterocycles. The van der Waals surface area contributed by atoms with E-state index < -0.39 is 0 Å². The highest BCUT2D eigenvalue weighted by atomic mass is 32.1. The molecule has 0 aromatic carbocycles. The number of nitrogens with one attached hydrogen (secondary N) is 1. The second-order valence-electron chi connectivity index (χ2n) is 6.88. The Morgan fingerprint density at radius 3 is 2.67 bits per heavy atom. The summed E-state index contributed by atoms with van der Waals surface area (Å²) in [5.41, 5.74) is 2.01. The van der Waals surface area contributed by atoms with Gasteiger partial charge in [-0.1, -0.05) is 5.16 Å². The second-order valence-corrected chi connectivity index (χ2v) is 7.71. The maximum atomic E-state index is 5.16. The third-order valence-corrected chi connectivity index (χ3v) is 5.44. The van der Waals surface area contributed by atoms with Gasteiger partial charge in [-0.15, -0.1) is 11.3 Å². The Labute approximate surface area is 164 Å². The number of aryl methyl sites for hydroxylation is 1. The Bertz CT molecular complexity index is 746. The van der Waals surface area contributed by atoms with Crippen molar-refractivity contribution in [3.05, 3.63) is 28.6 Å². The number of thiazole rings is 1. The molecule has 1 N–H and O–H groups in total. The van der Waals surface area contributed by atoms with Crippen LogP contribution in [0.5, 0.6) is 0 Å². The van der Waals surface area contributed by atoms with Gasteiger partial charge in [0, 0.05) is 64.8 Å². The van der Waals surface area contributed by atoms with Crippen LogP contribution in [-0.2, 0) is 13.1 Å². The van der Waals surface area contributed by atoms with E-state index in [9.17, 15) is 0 Å². The molecule has 0 aliphatic carbocycles. The summed E-state index contributed by atoms with van der Waals surface area (Å²) in [5.74, 6) is 1.83. The normalized spacial score (nSPS) is 16.0. The first-order chi connectivity index (χ1) is 13.0. The van der Waals surface area contributed by atoms with Crippen LogP contribution in [0.3, 0.4) is 0 Å². The second kappa shape index (κ2) is 9.18. The van der Waals surface area contributed by atoms with E-state index in [4.69, 9.17) is 9.52 Å². The average Bonchev–Trinajstić information content (AvgIpc) is 3.28. The van der Waals surface area contributed by atoms with Crippen molar-refractivity contribution in [2.24, 2.45) is 4.99 Å². The van der Waals surface area contributed by atoms with E-state index in [0.29, 0.717) is 6.54 Å². The lowest BCUT2D eigenvalue weighted by atomic mass is 10.3. The Morgan fingerprint density at radius 1 is 1.30 bits per heavy atom. The van der Waals surface area contributed by atoms with Crippen LogP contribution in [0.25, 0.3) is 0 Å². The molecule has 27 heavy (non-hydrogen) atoms. The minimum absolute atomic E-state index is 0.602. The van der Waals surface area contributed by atoms with Crippen LogP contribution in [0, 0.1) is 6.92 Å². The van der Waals surface area contributed by atoms with Gasteiger partial charge in [0.15, 0.2) is 11.1 Å². The highest BCUT2D eigenvalue weighted by Gasteiger charge is 2.20. The van der Waals surface area contributed by atoms with Gasteiger partial charge in [0.05, 0.1) is 17.9 Å². The number of aromatic nitrogens is 2. The van der Waals surface area contributed by atoms with Crippen LogP contribution < -0.4 is 10.2 Å². The maximum absolute atomic E-state index is 5.16. The van der Waals surface area contributed by atoms with Crippen molar-refractivity contribution in [3.63, 3.8) is 0 Å². The molecule has 2 aromatic rings. The summed E-state index contributed by atoms with van der Waals surface area (Å²) < 4.78 is 5.16. The van der Waals surface area contributed by atoms with Gasteiger partial charge in [0.2, 0.25) is 0 Å². The monoisotopic (exact) mass is 391 g/mol. The number of rotatable bonds is 6. The van der Waals surface area contributed by atoms with E-state index in [-0.39, 0.29) is 0 Å². The fraction of sp³-hybridized carbons (Fsp3) is 0.611. The fourth-order valence-electron chi connectivity index (χ4n) is 3.00. The summed E-state index contributed by atoms with van der Waals surface area (Å²) >= 11 is 1.65. The lowest BCUT2D eigenvalue weighted by Gasteiger charge is -2.36. The fourth-order valence-corrected chi connectivity index (χ4v) is 3.74. The van der Waals surface area contributed by atoms with Crippen LogP contribution in [-0.4, -0.2) is 72.7 Å². The molecule has 0 unspecified atom stereocenters. The van der Waals surface area contributed by atoms with Crippen molar-refractivity contribution >= 4 is 22.4 Å². The molecule has 1 fully saturated rings. The van der Waals surface area contributed by atoms with Gasteiger partial charge in [0.1, 0.15) is 5.76 Å². The minimum atomic E-state index is 0.602. The molecule has 0 radical (unpaired) electrons. The van der Waals surface area contributed by atoms with Gasteiger partial charge < -0.3 is 19.6 Å². The minimum Gasteiger partial charge on any atom is -0.361 e. The zero-order chi connectivity index (χ0) is 19.2. The lowest BCUT2D eigenvalue weighted by Crippen LogP contribution is -2.52. The average molecular weight is 392 g/mol. The van der Waals surface area contributed by atoms with Crippen LogP contribution in [0.2, 0.25) is 0 Å². The molecule has 0 saturated carbocycles. The van der Waals surface area contributed by atoms with Crippen LogP contribution in [0.1, 0.15) is 24.1 Å². The smallest absolute Gasteiger partial charge is 0.194 e. The molecule has 0 spiro atoms. The number of piperazine rings is 1. The van der Waals surface area contributed by atoms with Crippen LogP contribution in [0.4, 0.5) is 5.13 Å². The number of nitrogens with zero attached hydrogens (tertiary/aromatic N) is 6. The number of hydrogen-bond donors (Lipinski definition) is 1. The molecule has 1 saturated heterocycles. The van der Waals surface area contributed by atoms with Crippen molar-refractivity contribution in [1.29, 1.82) is 0 Å². The van der Waals surface area contributed by atoms with Crippen LogP contribution in [0.15, 0.2) is 21.0 Å². The summed E-state index contributed by atoms with van der Waals surface area (Å²) in [6.45, 7) is 10.2. The molecule has 9 heteroatoms. The molecule has 0 bridgehead atoms. The van der Waals surface area contributed by atoms with Gasteiger partial charge in [-0.25, -0.2) is 9.98 Å². The van der Waals surface area contributed by atoms with Gasteiger partial charge in [-0.3, -0.25) is 4.90 Å². The maximum Gasteiger partial charge on any atom is 0.194 e. The van der Waals surface area contributed by atoms with Gasteiger partial charge in [-0.2, -0.15) is 0 Å². The van der Waals surface area contributed by atoms with Crippen molar-refractivity contribution in [2.75, 3.05) is 51.7 Å². The summed E-state index contributed by atoms with van der Waals surface area (Å²) in [7, 11) is 4.02. The SMILES string of the molecule is CCNC(=NCc1csc(N(C)C)n1)N1CCN(Cc2cc(C)on2)CC1.